The first kappa shape index (κ1) is 12.0. The maximum absolute atomic E-state index is 11.4. The minimum Gasteiger partial charge on any atom is -0.449 e. The third-order valence-corrected chi connectivity index (χ3v) is 2.75. The van der Waals surface area contributed by atoms with Gasteiger partial charge in [-0.2, -0.15) is 4.99 Å². The van der Waals surface area contributed by atoms with Gasteiger partial charge in [0.15, 0.2) is 5.60 Å². The van der Waals surface area contributed by atoms with Crippen molar-refractivity contribution >= 4 is 11.9 Å². The van der Waals surface area contributed by atoms with Crippen molar-refractivity contribution in [3.8, 4) is 0 Å². The highest BCUT2D eigenvalue weighted by Gasteiger charge is 2.40. The zero-order chi connectivity index (χ0) is 11.3. The molecule has 1 amide bonds. The lowest BCUT2D eigenvalue weighted by molar-refractivity contribution is -0.130. The summed E-state index contributed by atoms with van der Waals surface area (Å²) in [6.45, 7) is 3.94. The molecule has 0 fully saturated rings. The molecule has 0 saturated heterocycles. The molecule has 4 heteroatoms. The van der Waals surface area contributed by atoms with Crippen LogP contribution >= 0.6 is 0 Å². The molecule has 15 heavy (non-hydrogen) atoms. The topological polar surface area (TPSA) is 64.7 Å². The third kappa shape index (κ3) is 3.22. The van der Waals surface area contributed by atoms with Gasteiger partial charge in [-0.25, -0.2) is 0 Å². The molecule has 0 spiro atoms. The Morgan fingerprint density at radius 1 is 1.33 bits per heavy atom. The summed E-state index contributed by atoms with van der Waals surface area (Å²) in [5, 5.41) is 0. The Balaban J connectivity index is 2.24. The van der Waals surface area contributed by atoms with Gasteiger partial charge < -0.3 is 10.5 Å². The number of unbranched alkanes of at least 4 members (excludes halogenated alkanes) is 4. The fourth-order valence-corrected chi connectivity index (χ4v) is 1.74. The molecule has 2 N–H and O–H groups in total. The second-order valence-corrected chi connectivity index (χ2v) is 4.25. The van der Waals surface area contributed by atoms with E-state index in [2.05, 4.69) is 11.9 Å². The fourth-order valence-electron chi connectivity index (χ4n) is 1.74. The van der Waals surface area contributed by atoms with Crippen LogP contribution in [0.4, 0.5) is 0 Å². The van der Waals surface area contributed by atoms with Gasteiger partial charge in [0.05, 0.1) is 0 Å². The SMILES string of the molecule is CCCCCCCC1(C)OC(N)=NC1=O. The van der Waals surface area contributed by atoms with Crippen LogP contribution in [0.15, 0.2) is 4.99 Å². The van der Waals surface area contributed by atoms with E-state index >= 15 is 0 Å². The summed E-state index contributed by atoms with van der Waals surface area (Å²) in [5.41, 5.74) is 4.56. The van der Waals surface area contributed by atoms with Crippen molar-refractivity contribution in [2.75, 3.05) is 0 Å². The highest BCUT2D eigenvalue weighted by molar-refractivity contribution is 6.00. The standard InChI is InChI=1S/C11H20N2O2/c1-3-4-5-6-7-8-11(2)9(14)13-10(12)15-11/h3-8H2,1-2H3,(H2,12,13,14). The number of hydrogen-bond acceptors (Lipinski definition) is 3. The monoisotopic (exact) mass is 212 g/mol. The average Bonchev–Trinajstić information content (AvgIpc) is 2.41. The zero-order valence-electron chi connectivity index (χ0n) is 9.58. The summed E-state index contributed by atoms with van der Waals surface area (Å²) in [5.74, 6) is -0.240. The number of carbonyl (C=O) groups excluding carboxylic acids is 1. The number of nitrogens with two attached hydrogens (primary N) is 1. The van der Waals surface area contributed by atoms with Crippen molar-refractivity contribution < 1.29 is 9.53 Å². The van der Waals surface area contributed by atoms with E-state index in [-0.39, 0.29) is 11.9 Å². The second-order valence-electron chi connectivity index (χ2n) is 4.25. The molecular formula is C11H20N2O2. The summed E-state index contributed by atoms with van der Waals surface area (Å²) in [6.07, 6.45) is 6.54. The molecule has 0 aliphatic carbocycles. The van der Waals surface area contributed by atoms with Crippen LogP contribution in [-0.4, -0.2) is 17.5 Å². The Hall–Kier alpha value is -1.06. The van der Waals surface area contributed by atoms with E-state index in [9.17, 15) is 4.79 Å². The first-order chi connectivity index (χ1) is 7.08. The number of ether oxygens (including phenoxy) is 1. The van der Waals surface area contributed by atoms with E-state index in [1.807, 2.05) is 0 Å². The van der Waals surface area contributed by atoms with E-state index in [1.54, 1.807) is 6.92 Å². The molecule has 0 radical (unpaired) electrons. The Kier molecular flexibility index (Phi) is 4.12. The normalized spacial score (nSPS) is 25.2. The maximum Gasteiger partial charge on any atom is 0.294 e. The summed E-state index contributed by atoms with van der Waals surface area (Å²) in [6, 6.07) is 0.0102. The second kappa shape index (κ2) is 5.14. The van der Waals surface area contributed by atoms with Crippen LogP contribution in [0, 0.1) is 0 Å². The molecule has 0 saturated carbocycles. The van der Waals surface area contributed by atoms with Gasteiger partial charge >= 0.3 is 0 Å². The fraction of sp³-hybridized carbons (Fsp3) is 0.818. The van der Waals surface area contributed by atoms with Gasteiger partial charge in [-0.3, -0.25) is 4.79 Å². The first-order valence-corrected chi connectivity index (χ1v) is 5.66. The first-order valence-electron chi connectivity index (χ1n) is 5.66. The van der Waals surface area contributed by atoms with E-state index in [0.29, 0.717) is 6.42 Å². The predicted octanol–water partition coefficient (Wildman–Crippen LogP) is 1.98. The number of nitrogens with zero attached hydrogens (tertiary/aromatic N) is 1. The van der Waals surface area contributed by atoms with Gasteiger partial charge in [0.25, 0.3) is 11.9 Å². The summed E-state index contributed by atoms with van der Waals surface area (Å²) >= 11 is 0. The molecule has 1 aliphatic heterocycles. The van der Waals surface area contributed by atoms with Gasteiger partial charge in [-0.05, 0) is 19.8 Å². The Morgan fingerprint density at radius 2 is 2.00 bits per heavy atom. The van der Waals surface area contributed by atoms with Gasteiger partial charge in [0, 0.05) is 0 Å². The van der Waals surface area contributed by atoms with Crippen molar-refractivity contribution in [1.82, 2.24) is 0 Å². The molecule has 0 aromatic rings. The quantitative estimate of drug-likeness (QED) is 0.685. The minimum absolute atomic E-state index is 0.0102. The number of carbonyl (C=O) groups is 1. The highest BCUT2D eigenvalue weighted by Crippen LogP contribution is 2.25. The van der Waals surface area contributed by atoms with Crippen molar-refractivity contribution in [2.24, 2.45) is 10.7 Å². The van der Waals surface area contributed by atoms with Crippen LogP contribution in [0.2, 0.25) is 0 Å². The summed E-state index contributed by atoms with van der Waals surface area (Å²) in [7, 11) is 0. The van der Waals surface area contributed by atoms with Gasteiger partial charge in [-0.1, -0.05) is 32.6 Å². The molecule has 0 bridgehead atoms. The molecule has 1 atom stereocenters. The Bertz CT molecular complexity index is 263. The average molecular weight is 212 g/mol. The molecule has 1 aliphatic rings. The lowest BCUT2D eigenvalue weighted by atomic mass is 9.97. The number of rotatable bonds is 6. The maximum atomic E-state index is 11.4. The molecule has 0 aromatic heterocycles. The van der Waals surface area contributed by atoms with E-state index < -0.39 is 5.60 Å². The lowest BCUT2D eigenvalue weighted by Crippen LogP contribution is -2.34. The minimum atomic E-state index is -0.795. The van der Waals surface area contributed by atoms with Crippen LogP contribution in [0.5, 0.6) is 0 Å². The molecule has 1 rings (SSSR count). The smallest absolute Gasteiger partial charge is 0.294 e. The van der Waals surface area contributed by atoms with E-state index in [0.717, 1.165) is 12.8 Å². The van der Waals surface area contributed by atoms with Crippen LogP contribution in [0.1, 0.15) is 52.4 Å². The van der Waals surface area contributed by atoms with Crippen molar-refractivity contribution in [3.63, 3.8) is 0 Å². The van der Waals surface area contributed by atoms with Gasteiger partial charge in [-0.15, -0.1) is 0 Å². The molecule has 86 valence electrons. The summed E-state index contributed by atoms with van der Waals surface area (Å²) in [4.78, 5) is 15.0. The van der Waals surface area contributed by atoms with Crippen molar-refractivity contribution in [1.29, 1.82) is 0 Å². The highest BCUT2D eigenvalue weighted by atomic mass is 16.5. The van der Waals surface area contributed by atoms with Crippen LogP contribution in [0.25, 0.3) is 0 Å². The third-order valence-electron chi connectivity index (χ3n) is 2.75. The molecule has 0 aromatic carbocycles. The Labute approximate surface area is 90.9 Å². The zero-order valence-corrected chi connectivity index (χ0v) is 9.58. The number of hydrogen-bond donors (Lipinski definition) is 1. The van der Waals surface area contributed by atoms with Crippen molar-refractivity contribution in [3.05, 3.63) is 0 Å². The van der Waals surface area contributed by atoms with Crippen LogP contribution in [0.3, 0.4) is 0 Å². The molecule has 1 unspecified atom stereocenters. The number of aliphatic imine (C=N–C) groups is 1. The predicted molar refractivity (Wildman–Crippen MR) is 59.5 cm³/mol. The van der Waals surface area contributed by atoms with Gasteiger partial charge in [0.1, 0.15) is 0 Å². The van der Waals surface area contributed by atoms with Gasteiger partial charge in [0.2, 0.25) is 0 Å². The van der Waals surface area contributed by atoms with E-state index in [4.69, 9.17) is 10.5 Å². The molecule has 1 heterocycles. The summed E-state index contributed by atoms with van der Waals surface area (Å²) < 4.78 is 5.25. The Morgan fingerprint density at radius 3 is 2.53 bits per heavy atom. The largest absolute Gasteiger partial charge is 0.449 e. The molecular weight excluding hydrogens is 192 g/mol. The lowest BCUT2D eigenvalue weighted by Gasteiger charge is -2.20. The number of amidine groups is 1. The van der Waals surface area contributed by atoms with Crippen LogP contribution < -0.4 is 5.73 Å². The van der Waals surface area contributed by atoms with Crippen molar-refractivity contribution in [2.45, 2.75) is 58.0 Å². The van der Waals surface area contributed by atoms with E-state index in [1.165, 1.54) is 19.3 Å². The van der Waals surface area contributed by atoms with Crippen LogP contribution in [-0.2, 0) is 9.53 Å². The number of amides is 1. The molecule has 4 nitrogen and oxygen atoms in total.